The number of aliphatic hydroxyl groups excluding tert-OH is 1. The highest BCUT2D eigenvalue weighted by Gasteiger charge is 2.09. The molecular formula is C5H13N3O3. The zero-order chi connectivity index (χ0) is 8.69. The van der Waals surface area contributed by atoms with Gasteiger partial charge >= 0.3 is 0 Å². The standard InChI is InChI=1S/C5H13N3O3/c1-2-3-7(4-5-9)8(11)6-10/h9-10H,2-5H2,1H3/b8-6-. The molecule has 6 nitrogen and oxygen atoms in total. The number of rotatable bonds is 5. The van der Waals surface area contributed by atoms with Crippen LogP contribution in [-0.2, 0) is 0 Å². The molecule has 0 aromatic carbocycles. The summed E-state index contributed by atoms with van der Waals surface area (Å²) in [6.07, 6.45) is 0.758. The van der Waals surface area contributed by atoms with Gasteiger partial charge in [0.15, 0.2) is 0 Å². The predicted molar refractivity (Wildman–Crippen MR) is 36.8 cm³/mol. The largest absolute Gasteiger partial charge is 0.569 e. The Kier molecular flexibility index (Phi) is 5.18. The van der Waals surface area contributed by atoms with E-state index in [4.69, 9.17) is 10.3 Å². The highest BCUT2D eigenvalue weighted by molar-refractivity contribution is 4.40. The van der Waals surface area contributed by atoms with Gasteiger partial charge in [-0.1, -0.05) is 6.92 Å². The lowest BCUT2D eigenvalue weighted by Gasteiger charge is -2.14. The van der Waals surface area contributed by atoms with Crippen molar-refractivity contribution in [2.75, 3.05) is 19.7 Å². The van der Waals surface area contributed by atoms with Crippen LogP contribution in [0, 0.1) is 5.21 Å². The van der Waals surface area contributed by atoms with E-state index in [9.17, 15) is 5.21 Å². The topological polar surface area (TPSA) is 82.1 Å². The zero-order valence-electron chi connectivity index (χ0n) is 6.47. The second-order valence-corrected chi connectivity index (χ2v) is 2.02. The van der Waals surface area contributed by atoms with Crippen LogP contribution in [-0.4, -0.2) is 40.0 Å². The average molecular weight is 163 g/mol. The third-order valence-corrected chi connectivity index (χ3v) is 1.16. The molecule has 0 amide bonds. The summed E-state index contributed by atoms with van der Waals surface area (Å²) in [7, 11) is 0. The van der Waals surface area contributed by atoms with Gasteiger partial charge in [0.05, 0.1) is 24.7 Å². The number of hydrogen-bond donors (Lipinski definition) is 2. The van der Waals surface area contributed by atoms with Gasteiger partial charge in [-0.3, -0.25) is 0 Å². The van der Waals surface area contributed by atoms with Crippen LogP contribution in [0.25, 0.3) is 0 Å². The van der Waals surface area contributed by atoms with Crippen LogP contribution in [0.15, 0.2) is 5.28 Å². The van der Waals surface area contributed by atoms with Crippen LogP contribution in [0.4, 0.5) is 0 Å². The first-order chi connectivity index (χ1) is 5.26. The molecule has 0 atom stereocenters. The average Bonchev–Trinajstić information content (AvgIpc) is 2.03. The molecular weight excluding hydrogens is 150 g/mol. The van der Waals surface area contributed by atoms with E-state index in [2.05, 4.69) is 5.28 Å². The molecule has 0 aliphatic carbocycles. The molecule has 0 aromatic heterocycles. The Morgan fingerprint density at radius 2 is 2.18 bits per heavy atom. The normalized spacial score (nSPS) is 11.6. The van der Waals surface area contributed by atoms with Crippen molar-refractivity contribution in [1.82, 2.24) is 5.01 Å². The molecule has 0 radical (unpaired) electrons. The Bertz CT molecular complexity index is 122. The molecule has 0 aromatic rings. The van der Waals surface area contributed by atoms with E-state index >= 15 is 0 Å². The van der Waals surface area contributed by atoms with Gasteiger partial charge < -0.3 is 15.5 Å². The van der Waals surface area contributed by atoms with Gasteiger partial charge in [0, 0.05) is 0 Å². The van der Waals surface area contributed by atoms with Gasteiger partial charge in [0.25, 0.3) is 0 Å². The van der Waals surface area contributed by atoms with Crippen molar-refractivity contribution in [3.8, 4) is 0 Å². The quantitative estimate of drug-likeness (QED) is 0.338. The van der Waals surface area contributed by atoms with E-state index in [0.717, 1.165) is 6.42 Å². The molecule has 0 rings (SSSR count). The highest BCUT2D eigenvalue weighted by Crippen LogP contribution is 1.91. The van der Waals surface area contributed by atoms with Crippen molar-refractivity contribution in [3.05, 3.63) is 5.21 Å². The summed E-state index contributed by atoms with van der Waals surface area (Å²) in [4.78, 5) is 0.0692. The lowest BCUT2D eigenvalue weighted by atomic mass is 10.4. The highest BCUT2D eigenvalue weighted by atomic mass is 16.6. The van der Waals surface area contributed by atoms with Crippen LogP contribution < -0.4 is 0 Å². The summed E-state index contributed by atoms with van der Waals surface area (Å²) in [5.74, 6) is 0. The lowest BCUT2D eigenvalue weighted by molar-refractivity contribution is -0.710. The minimum Gasteiger partial charge on any atom is -0.569 e. The molecule has 66 valence electrons. The minimum absolute atomic E-state index is 0.0692. The first-order valence-electron chi connectivity index (χ1n) is 3.44. The molecule has 0 unspecified atom stereocenters. The van der Waals surface area contributed by atoms with Gasteiger partial charge in [-0.25, -0.2) is 0 Å². The maximum atomic E-state index is 10.6. The monoisotopic (exact) mass is 163 g/mol. The maximum Gasteiger partial charge on any atom is 0.230 e. The van der Waals surface area contributed by atoms with Crippen LogP contribution in [0.5, 0.6) is 0 Å². The van der Waals surface area contributed by atoms with Crippen molar-refractivity contribution in [2.45, 2.75) is 13.3 Å². The summed E-state index contributed by atoms with van der Waals surface area (Å²) in [6.45, 7) is 2.40. The first kappa shape index (κ1) is 9.96. The van der Waals surface area contributed by atoms with Crippen LogP contribution in [0.1, 0.15) is 13.3 Å². The van der Waals surface area contributed by atoms with Crippen LogP contribution in [0.2, 0.25) is 0 Å². The lowest BCUT2D eigenvalue weighted by Crippen LogP contribution is -2.33. The van der Waals surface area contributed by atoms with Crippen molar-refractivity contribution in [3.63, 3.8) is 0 Å². The van der Waals surface area contributed by atoms with Gasteiger partial charge in [0.1, 0.15) is 0 Å². The Morgan fingerprint density at radius 3 is 2.55 bits per heavy atom. The molecule has 0 aliphatic heterocycles. The molecule has 0 bridgehead atoms. The van der Waals surface area contributed by atoms with E-state index in [1.54, 1.807) is 0 Å². The fourth-order valence-electron chi connectivity index (χ4n) is 0.713. The fourth-order valence-corrected chi connectivity index (χ4v) is 0.713. The summed E-state index contributed by atoms with van der Waals surface area (Å²) in [5, 5.41) is 30.8. The summed E-state index contributed by atoms with van der Waals surface area (Å²) in [6, 6.07) is 0. The molecule has 0 saturated carbocycles. The van der Waals surface area contributed by atoms with Gasteiger partial charge in [-0.05, 0) is 6.42 Å². The van der Waals surface area contributed by atoms with Crippen molar-refractivity contribution >= 4 is 0 Å². The Labute approximate surface area is 64.9 Å². The van der Waals surface area contributed by atoms with E-state index in [0.29, 0.717) is 6.54 Å². The minimum atomic E-state index is -0.131. The molecule has 0 fully saturated rings. The smallest absolute Gasteiger partial charge is 0.230 e. The van der Waals surface area contributed by atoms with Crippen molar-refractivity contribution in [2.24, 2.45) is 5.28 Å². The fraction of sp³-hybridized carbons (Fsp3) is 1.00. The van der Waals surface area contributed by atoms with E-state index in [1.165, 1.54) is 5.01 Å². The molecule has 0 aliphatic rings. The summed E-state index contributed by atoms with van der Waals surface area (Å²) < 4.78 is 0. The van der Waals surface area contributed by atoms with Crippen molar-refractivity contribution in [1.29, 1.82) is 0 Å². The molecule has 2 N–H and O–H groups in total. The Balaban J connectivity index is 3.87. The van der Waals surface area contributed by atoms with Gasteiger partial charge in [-0.2, -0.15) is 0 Å². The number of nitrogens with zero attached hydrogens (tertiary/aromatic N) is 3. The maximum absolute atomic E-state index is 10.6. The molecule has 0 heterocycles. The zero-order valence-corrected chi connectivity index (χ0v) is 6.47. The predicted octanol–water partition coefficient (Wildman–Crippen LogP) is -0.0426. The Morgan fingerprint density at radius 1 is 1.55 bits per heavy atom. The second kappa shape index (κ2) is 5.72. The molecule has 0 saturated heterocycles. The molecule has 6 heteroatoms. The van der Waals surface area contributed by atoms with E-state index < -0.39 is 0 Å². The second-order valence-electron chi connectivity index (χ2n) is 2.02. The van der Waals surface area contributed by atoms with E-state index in [-0.39, 0.29) is 18.1 Å². The number of hydrogen-bond acceptors (Lipinski definition) is 3. The molecule has 0 spiro atoms. The van der Waals surface area contributed by atoms with Crippen LogP contribution >= 0.6 is 0 Å². The van der Waals surface area contributed by atoms with Crippen LogP contribution in [0.3, 0.4) is 0 Å². The van der Waals surface area contributed by atoms with Gasteiger partial charge in [-0.15, -0.1) is 5.01 Å². The third-order valence-electron chi connectivity index (χ3n) is 1.16. The first-order valence-corrected chi connectivity index (χ1v) is 3.44. The third kappa shape index (κ3) is 3.61. The van der Waals surface area contributed by atoms with E-state index in [1.807, 2.05) is 6.92 Å². The van der Waals surface area contributed by atoms with Crippen molar-refractivity contribution < 1.29 is 15.3 Å². The summed E-state index contributed by atoms with van der Waals surface area (Å²) >= 11 is 0. The summed E-state index contributed by atoms with van der Waals surface area (Å²) in [5.41, 5.74) is 0. The molecule has 11 heavy (non-hydrogen) atoms. The Hall–Kier alpha value is -1.04. The SMILES string of the molecule is CCCN(CCO)/[N+]([O-])=N/O. The number of hydrazine groups is 1. The van der Waals surface area contributed by atoms with Gasteiger partial charge in [0.2, 0.25) is 5.28 Å². The number of aliphatic hydroxyl groups is 1.